The SMILES string of the molecule is O=C(c1ccccc1)C(O)[C@H](O)[C@H](O)CO. The van der Waals surface area contributed by atoms with Crippen LogP contribution in [0.25, 0.3) is 0 Å². The maximum absolute atomic E-state index is 11.6. The highest BCUT2D eigenvalue weighted by atomic mass is 16.4. The summed E-state index contributed by atoms with van der Waals surface area (Å²) < 4.78 is 0. The fourth-order valence-electron chi connectivity index (χ4n) is 1.25. The van der Waals surface area contributed by atoms with Crippen LogP contribution in [0.4, 0.5) is 0 Å². The van der Waals surface area contributed by atoms with E-state index >= 15 is 0 Å². The Balaban J connectivity index is 2.75. The molecule has 0 aromatic heterocycles. The molecule has 5 heteroatoms. The molecule has 3 atom stereocenters. The first kappa shape index (κ1) is 12.8. The van der Waals surface area contributed by atoms with Crippen LogP contribution in [0.3, 0.4) is 0 Å². The molecule has 0 saturated carbocycles. The normalized spacial score (nSPS) is 16.5. The van der Waals surface area contributed by atoms with Crippen molar-refractivity contribution in [3.63, 3.8) is 0 Å². The van der Waals surface area contributed by atoms with Crippen molar-refractivity contribution < 1.29 is 25.2 Å². The number of aliphatic hydroxyl groups excluding tert-OH is 4. The van der Waals surface area contributed by atoms with E-state index in [0.717, 1.165) is 0 Å². The van der Waals surface area contributed by atoms with Gasteiger partial charge >= 0.3 is 0 Å². The van der Waals surface area contributed by atoms with Gasteiger partial charge in [0.2, 0.25) is 0 Å². The minimum Gasteiger partial charge on any atom is -0.394 e. The van der Waals surface area contributed by atoms with Crippen molar-refractivity contribution in [1.29, 1.82) is 0 Å². The van der Waals surface area contributed by atoms with Crippen LogP contribution in [-0.2, 0) is 0 Å². The van der Waals surface area contributed by atoms with Gasteiger partial charge < -0.3 is 20.4 Å². The van der Waals surface area contributed by atoms with Gasteiger partial charge in [-0.2, -0.15) is 0 Å². The van der Waals surface area contributed by atoms with Gasteiger partial charge in [-0.1, -0.05) is 30.3 Å². The maximum atomic E-state index is 11.6. The van der Waals surface area contributed by atoms with Crippen molar-refractivity contribution in [2.24, 2.45) is 0 Å². The Kier molecular flexibility index (Phi) is 4.57. The number of hydrogen-bond donors (Lipinski definition) is 4. The van der Waals surface area contributed by atoms with E-state index in [1.54, 1.807) is 18.2 Å². The Morgan fingerprint density at radius 1 is 1.12 bits per heavy atom. The minimum atomic E-state index is -1.75. The number of carbonyl (C=O) groups is 1. The van der Waals surface area contributed by atoms with Gasteiger partial charge in [0.25, 0.3) is 0 Å². The predicted octanol–water partition coefficient (Wildman–Crippen LogP) is -1.06. The van der Waals surface area contributed by atoms with Crippen molar-refractivity contribution in [3.05, 3.63) is 35.9 Å². The van der Waals surface area contributed by atoms with Crippen LogP contribution in [0.15, 0.2) is 30.3 Å². The maximum Gasteiger partial charge on any atom is 0.194 e. The lowest BCUT2D eigenvalue weighted by molar-refractivity contribution is -0.0646. The zero-order chi connectivity index (χ0) is 12.1. The van der Waals surface area contributed by atoms with E-state index in [1.807, 2.05) is 0 Å². The predicted molar refractivity (Wildman–Crippen MR) is 55.9 cm³/mol. The van der Waals surface area contributed by atoms with Crippen molar-refractivity contribution in [2.45, 2.75) is 18.3 Å². The highest BCUT2D eigenvalue weighted by Gasteiger charge is 2.30. The second-order valence-corrected chi connectivity index (χ2v) is 3.42. The molecule has 0 bridgehead atoms. The zero-order valence-electron chi connectivity index (χ0n) is 8.52. The van der Waals surface area contributed by atoms with Crippen LogP contribution < -0.4 is 0 Å². The average molecular weight is 226 g/mol. The van der Waals surface area contributed by atoms with Gasteiger partial charge in [0.15, 0.2) is 5.78 Å². The molecule has 5 nitrogen and oxygen atoms in total. The van der Waals surface area contributed by atoms with Crippen LogP contribution in [-0.4, -0.2) is 51.1 Å². The molecule has 1 aromatic rings. The van der Waals surface area contributed by atoms with Gasteiger partial charge in [0.05, 0.1) is 6.61 Å². The monoisotopic (exact) mass is 226 g/mol. The Labute approximate surface area is 92.6 Å². The van der Waals surface area contributed by atoms with Crippen LogP contribution in [0.2, 0.25) is 0 Å². The van der Waals surface area contributed by atoms with Gasteiger partial charge in [-0.05, 0) is 0 Å². The summed E-state index contributed by atoms with van der Waals surface area (Å²) in [5.41, 5.74) is 0.235. The van der Waals surface area contributed by atoms with Gasteiger partial charge in [-0.3, -0.25) is 4.79 Å². The topological polar surface area (TPSA) is 98.0 Å². The number of ketones is 1. The molecule has 1 unspecified atom stereocenters. The molecule has 0 radical (unpaired) electrons. The van der Waals surface area contributed by atoms with E-state index in [9.17, 15) is 15.0 Å². The molecule has 0 aliphatic heterocycles. The third-order valence-electron chi connectivity index (χ3n) is 2.23. The first-order valence-corrected chi connectivity index (χ1v) is 4.82. The highest BCUT2D eigenvalue weighted by Crippen LogP contribution is 2.08. The quantitative estimate of drug-likeness (QED) is 0.480. The second kappa shape index (κ2) is 5.72. The van der Waals surface area contributed by atoms with Crippen molar-refractivity contribution in [1.82, 2.24) is 0 Å². The molecule has 1 rings (SSSR count). The molecule has 0 heterocycles. The van der Waals surface area contributed by atoms with Crippen molar-refractivity contribution in [3.8, 4) is 0 Å². The Morgan fingerprint density at radius 3 is 2.19 bits per heavy atom. The smallest absolute Gasteiger partial charge is 0.194 e. The van der Waals surface area contributed by atoms with Crippen molar-refractivity contribution >= 4 is 5.78 Å². The fraction of sp³-hybridized carbons (Fsp3) is 0.364. The Morgan fingerprint density at radius 2 is 1.69 bits per heavy atom. The van der Waals surface area contributed by atoms with E-state index in [1.165, 1.54) is 12.1 Å². The molecular weight excluding hydrogens is 212 g/mol. The first-order chi connectivity index (χ1) is 7.57. The van der Waals surface area contributed by atoms with Gasteiger partial charge in [-0.15, -0.1) is 0 Å². The Bertz CT molecular complexity index is 337. The summed E-state index contributed by atoms with van der Waals surface area (Å²) >= 11 is 0. The third-order valence-corrected chi connectivity index (χ3v) is 2.23. The molecule has 0 fully saturated rings. The van der Waals surface area contributed by atoms with Crippen LogP contribution in [0.1, 0.15) is 10.4 Å². The molecule has 88 valence electrons. The summed E-state index contributed by atoms with van der Waals surface area (Å²) in [7, 11) is 0. The van der Waals surface area contributed by atoms with Crippen LogP contribution in [0.5, 0.6) is 0 Å². The molecule has 1 aromatic carbocycles. The summed E-state index contributed by atoms with van der Waals surface area (Å²) in [6.07, 6.45) is -4.98. The number of benzene rings is 1. The molecule has 0 amide bonds. The summed E-state index contributed by atoms with van der Waals surface area (Å²) in [5, 5.41) is 36.5. The van der Waals surface area contributed by atoms with Gasteiger partial charge in [0.1, 0.15) is 18.3 Å². The molecule has 0 saturated heterocycles. The van der Waals surface area contributed by atoms with E-state index < -0.39 is 30.7 Å². The molecule has 16 heavy (non-hydrogen) atoms. The lowest BCUT2D eigenvalue weighted by Crippen LogP contribution is -2.43. The van der Waals surface area contributed by atoms with Gasteiger partial charge in [-0.25, -0.2) is 0 Å². The van der Waals surface area contributed by atoms with E-state index in [4.69, 9.17) is 10.2 Å². The second-order valence-electron chi connectivity index (χ2n) is 3.42. The zero-order valence-corrected chi connectivity index (χ0v) is 8.52. The highest BCUT2D eigenvalue weighted by molar-refractivity contribution is 5.99. The lowest BCUT2D eigenvalue weighted by atomic mass is 9.99. The number of rotatable bonds is 5. The van der Waals surface area contributed by atoms with E-state index in [-0.39, 0.29) is 5.56 Å². The summed E-state index contributed by atoms with van der Waals surface area (Å²) in [4.78, 5) is 11.6. The molecule has 0 spiro atoms. The van der Waals surface area contributed by atoms with Crippen molar-refractivity contribution in [2.75, 3.05) is 6.61 Å². The molecular formula is C11H14O5. The Hall–Kier alpha value is -1.27. The molecule has 4 N–H and O–H groups in total. The number of hydrogen-bond acceptors (Lipinski definition) is 5. The number of aliphatic hydroxyl groups is 4. The third kappa shape index (κ3) is 2.86. The van der Waals surface area contributed by atoms with Crippen LogP contribution in [0, 0.1) is 0 Å². The summed E-state index contributed by atoms with van der Waals surface area (Å²) in [6, 6.07) is 7.93. The summed E-state index contributed by atoms with van der Waals surface area (Å²) in [5.74, 6) is -0.694. The first-order valence-electron chi connectivity index (χ1n) is 4.82. The van der Waals surface area contributed by atoms with E-state index in [0.29, 0.717) is 0 Å². The van der Waals surface area contributed by atoms with Crippen LogP contribution >= 0.6 is 0 Å². The average Bonchev–Trinajstić information content (AvgIpc) is 2.36. The van der Waals surface area contributed by atoms with E-state index in [2.05, 4.69) is 0 Å². The minimum absolute atomic E-state index is 0.235. The van der Waals surface area contributed by atoms with Gasteiger partial charge in [0, 0.05) is 5.56 Å². The molecule has 0 aliphatic carbocycles. The number of carbonyl (C=O) groups excluding carboxylic acids is 1. The fourth-order valence-corrected chi connectivity index (χ4v) is 1.25. The summed E-state index contributed by atoms with van der Waals surface area (Å²) in [6.45, 7) is -0.722. The standard InChI is InChI=1S/C11H14O5/c12-6-8(13)10(15)11(16)9(14)7-4-2-1-3-5-7/h1-5,8,10-13,15-16H,6H2/t8-,10-,11?/m1/s1. The molecule has 0 aliphatic rings. The lowest BCUT2D eigenvalue weighted by Gasteiger charge is -2.20. The largest absolute Gasteiger partial charge is 0.394 e. The number of Topliss-reactive ketones (excluding diaryl/α,β-unsaturated/α-hetero) is 1.